The number of pyridine rings is 1. The van der Waals surface area contributed by atoms with E-state index in [-0.39, 0.29) is 0 Å². The third kappa shape index (κ3) is 4.24. The highest BCUT2D eigenvalue weighted by atomic mass is 16.5. The maximum Gasteiger partial charge on any atom is 0.119 e. The van der Waals surface area contributed by atoms with Crippen molar-refractivity contribution in [2.75, 3.05) is 6.61 Å². The van der Waals surface area contributed by atoms with Gasteiger partial charge in [0.25, 0.3) is 0 Å². The van der Waals surface area contributed by atoms with Gasteiger partial charge in [0.2, 0.25) is 0 Å². The highest BCUT2D eigenvalue weighted by molar-refractivity contribution is 5.90. The molecule has 0 saturated heterocycles. The van der Waals surface area contributed by atoms with Gasteiger partial charge < -0.3 is 4.74 Å². The van der Waals surface area contributed by atoms with Gasteiger partial charge in [-0.2, -0.15) is 0 Å². The number of fused-ring (bicyclic) bond motifs is 1. The molecule has 26 heavy (non-hydrogen) atoms. The molecule has 2 aromatic rings. The van der Waals surface area contributed by atoms with Crippen molar-refractivity contribution >= 4 is 16.8 Å². The Kier molecular flexibility index (Phi) is 5.49. The van der Waals surface area contributed by atoms with Crippen molar-refractivity contribution in [3.8, 4) is 5.75 Å². The summed E-state index contributed by atoms with van der Waals surface area (Å²) in [6.07, 6.45) is 21.9. The van der Waals surface area contributed by atoms with Crippen molar-refractivity contribution in [3.63, 3.8) is 0 Å². The summed E-state index contributed by atoms with van der Waals surface area (Å²) in [5, 5.41) is 2.36. The van der Waals surface area contributed by atoms with E-state index in [4.69, 9.17) is 4.74 Å². The van der Waals surface area contributed by atoms with Crippen LogP contribution in [0.25, 0.3) is 16.8 Å². The number of nitrogens with zero attached hydrogens (tertiary/aromatic N) is 1. The third-order valence-electron chi connectivity index (χ3n) is 5.43. The summed E-state index contributed by atoms with van der Waals surface area (Å²) < 4.78 is 6.09. The second-order valence-electron chi connectivity index (χ2n) is 7.41. The van der Waals surface area contributed by atoms with E-state index in [0.29, 0.717) is 0 Å². The number of hydrogen-bond acceptors (Lipinski definition) is 2. The number of aromatic nitrogens is 1. The number of ether oxygens (including phenoxy) is 1. The molecule has 1 heterocycles. The lowest BCUT2D eigenvalue weighted by molar-refractivity contribution is 0.209. The Balaban J connectivity index is 1.49. The standard InChI is InChI=1S/C24H27NO/c1-3-7-19(8-4-1)11-14-24-23-13-12-22(17-21(23)15-16-25-24)26-18-20-9-5-2-6-10-20/h3,7-8,11-17,20H,1-2,4-6,9-10,18H2. The highest BCUT2D eigenvalue weighted by Crippen LogP contribution is 2.27. The summed E-state index contributed by atoms with van der Waals surface area (Å²) >= 11 is 0. The van der Waals surface area contributed by atoms with Crippen molar-refractivity contribution in [2.45, 2.75) is 44.9 Å². The van der Waals surface area contributed by atoms with Gasteiger partial charge in [-0.15, -0.1) is 0 Å². The molecule has 2 aliphatic rings. The topological polar surface area (TPSA) is 22.1 Å². The summed E-state index contributed by atoms with van der Waals surface area (Å²) in [6, 6.07) is 8.45. The molecule has 134 valence electrons. The molecule has 0 unspecified atom stereocenters. The molecule has 0 bridgehead atoms. The first-order valence-corrected chi connectivity index (χ1v) is 9.95. The Bertz CT molecular complexity index is 840. The van der Waals surface area contributed by atoms with Crippen LogP contribution >= 0.6 is 0 Å². The SMILES string of the molecule is C1=CC(C=Cc2nccc3cc(OCC4CCCCC4)ccc23)=CCC1. The van der Waals surface area contributed by atoms with E-state index in [0.717, 1.165) is 36.8 Å². The van der Waals surface area contributed by atoms with E-state index >= 15 is 0 Å². The first kappa shape index (κ1) is 17.1. The Morgan fingerprint density at radius 3 is 2.81 bits per heavy atom. The van der Waals surface area contributed by atoms with E-state index in [2.05, 4.69) is 59.6 Å². The van der Waals surface area contributed by atoms with Crippen LogP contribution in [0.1, 0.15) is 50.6 Å². The second-order valence-corrected chi connectivity index (χ2v) is 7.41. The van der Waals surface area contributed by atoms with E-state index in [1.807, 2.05) is 6.20 Å². The van der Waals surface area contributed by atoms with Crippen molar-refractivity contribution in [1.82, 2.24) is 4.98 Å². The van der Waals surface area contributed by atoms with Crippen molar-refractivity contribution in [2.24, 2.45) is 5.92 Å². The molecule has 0 amide bonds. The van der Waals surface area contributed by atoms with E-state index < -0.39 is 0 Å². The number of allylic oxidation sites excluding steroid dienone is 5. The van der Waals surface area contributed by atoms with Gasteiger partial charge in [0, 0.05) is 11.6 Å². The molecule has 2 aliphatic carbocycles. The summed E-state index contributed by atoms with van der Waals surface area (Å²) in [4.78, 5) is 4.56. The maximum atomic E-state index is 6.09. The van der Waals surface area contributed by atoms with Crippen LogP contribution in [0.4, 0.5) is 0 Å². The molecule has 2 nitrogen and oxygen atoms in total. The average molecular weight is 345 g/mol. The summed E-state index contributed by atoms with van der Waals surface area (Å²) in [7, 11) is 0. The third-order valence-corrected chi connectivity index (χ3v) is 5.43. The van der Waals surface area contributed by atoms with Crippen LogP contribution in [0.2, 0.25) is 0 Å². The van der Waals surface area contributed by atoms with Crippen LogP contribution in [-0.2, 0) is 0 Å². The van der Waals surface area contributed by atoms with Crippen LogP contribution < -0.4 is 4.74 Å². The number of benzene rings is 1. The van der Waals surface area contributed by atoms with Gasteiger partial charge in [-0.25, -0.2) is 0 Å². The predicted molar refractivity (Wildman–Crippen MR) is 109 cm³/mol. The normalized spacial score (nSPS) is 18.4. The van der Waals surface area contributed by atoms with E-state index in [9.17, 15) is 0 Å². The largest absolute Gasteiger partial charge is 0.493 e. The summed E-state index contributed by atoms with van der Waals surface area (Å²) in [6.45, 7) is 0.851. The molecule has 1 saturated carbocycles. The van der Waals surface area contributed by atoms with Gasteiger partial charge in [-0.3, -0.25) is 4.98 Å². The Morgan fingerprint density at radius 1 is 1.04 bits per heavy atom. The quantitative estimate of drug-likeness (QED) is 0.618. The van der Waals surface area contributed by atoms with Gasteiger partial charge in [0.1, 0.15) is 5.75 Å². The fourth-order valence-electron chi connectivity index (χ4n) is 3.90. The summed E-state index contributed by atoms with van der Waals surface area (Å²) in [5.74, 6) is 1.70. The Morgan fingerprint density at radius 2 is 1.96 bits per heavy atom. The van der Waals surface area contributed by atoms with E-state index in [1.54, 1.807) is 0 Å². The minimum absolute atomic E-state index is 0.729. The van der Waals surface area contributed by atoms with Crippen molar-refractivity contribution in [3.05, 3.63) is 66.0 Å². The van der Waals surface area contributed by atoms with E-state index in [1.165, 1.54) is 48.4 Å². The first-order chi connectivity index (χ1) is 12.9. The molecule has 1 aromatic heterocycles. The lowest BCUT2D eigenvalue weighted by Crippen LogP contribution is -2.15. The molecule has 1 fully saturated rings. The minimum Gasteiger partial charge on any atom is -0.493 e. The van der Waals surface area contributed by atoms with Crippen LogP contribution in [0, 0.1) is 5.92 Å². The van der Waals surface area contributed by atoms with Gasteiger partial charge in [0.15, 0.2) is 0 Å². The molecular formula is C24H27NO. The van der Waals surface area contributed by atoms with Crippen LogP contribution in [-0.4, -0.2) is 11.6 Å². The van der Waals surface area contributed by atoms with Gasteiger partial charge >= 0.3 is 0 Å². The first-order valence-electron chi connectivity index (χ1n) is 9.95. The Labute approximate surface area is 156 Å². The fraction of sp³-hybridized carbons (Fsp3) is 0.375. The van der Waals surface area contributed by atoms with Gasteiger partial charge in [-0.1, -0.05) is 43.6 Å². The average Bonchev–Trinajstić information content (AvgIpc) is 2.72. The molecule has 0 atom stereocenters. The number of rotatable bonds is 5. The molecular weight excluding hydrogens is 318 g/mol. The van der Waals surface area contributed by atoms with Gasteiger partial charge in [0.05, 0.1) is 12.3 Å². The predicted octanol–water partition coefficient (Wildman–Crippen LogP) is 6.48. The molecule has 4 rings (SSSR count). The fourth-order valence-corrected chi connectivity index (χ4v) is 3.90. The smallest absolute Gasteiger partial charge is 0.119 e. The van der Waals surface area contributed by atoms with Crippen molar-refractivity contribution < 1.29 is 4.74 Å². The van der Waals surface area contributed by atoms with Crippen molar-refractivity contribution in [1.29, 1.82) is 0 Å². The lowest BCUT2D eigenvalue weighted by atomic mass is 9.90. The Hall–Kier alpha value is -2.35. The zero-order valence-corrected chi connectivity index (χ0v) is 15.4. The molecule has 1 aromatic carbocycles. The molecule has 0 aliphatic heterocycles. The molecule has 0 radical (unpaired) electrons. The zero-order chi connectivity index (χ0) is 17.6. The van der Waals surface area contributed by atoms with Gasteiger partial charge in [-0.05, 0) is 72.9 Å². The lowest BCUT2D eigenvalue weighted by Gasteiger charge is -2.21. The highest BCUT2D eigenvalue weighted by Gasteiger charge is 2.14. The molecule has 0 N–H and O–H groups in total. The zero-order valence-electron chi connectivity index (χ0n) is 15.4. The monoisotopic (exact) mass is 345 g/mol. The summed E-state index contributed by atoms with van der Waals surface area (Å²) in [5.41, 5.74) is 2.28. The van der Waals surface area contributed by atoms with Crippen LogP contribution in [0.15, 0.2) is 60.3 Å². The second kappa shape index (κ2) is 8.35. The molecule has 0 spiro atoms. The number of hydrogen-bond donors (Lipinski definition) is 0. The minimum atomic E-state index is 0.729. The van der Waals surface area contributed by atoms with Crippen LogP contribution in [0.3, 0.4) is 0 Å². The maximum absolute atomic E-state index is 6.09. The van der Waals surface area contributed by atoms with Crippen LogP contribution in [0.5, 0.6) is 5.75 Å². The molecule has 2 heteroatoms.